The third kappa shape index (κ3) is 3.01. The highest BCUT2D eigenvalue weighted by Gasteiger charge is 2.30. The summed E-state index contributed by atoms with van der Waals surface area (Å²) in [6, 6.07) is 4.56. The maximum atomic E-state index is 12.6. The molecule has 0 atom stereocenters. The van der Waals surface area contributed by atoms with Gasteiger partial charge >= 0.3 is 6.18 Å². The molecule has 7 heteroatoms. The quantitative estimate of drug-likeness (QED) is 0.816. The summed E-state index contributed by atoms with van der Waals surface area (Å²) < 4.78 is 43.2. The maximum absolute atomic E-state index is 12.6. The van der Waals surface area contributed by atoms with Crippen LogP contribution in [0.25, 0.3) is 0 Å². The largest absolute Gasteiger partial charge is 0.437 e. The number of hydrogen-bond acceptors (Lipinski definition) is 3. The van der Waals surface area contributed by atoms with Crippen molar-refractivity contribution < 1.29 is 17.9 Å². The summed E-state index contributed by atoms with van der Waals surface area (Å²) in [4.78, 5) is 0. The number of benzene rings is 1. The molecule has 0 aliphatic rings. The van der Waals surface area contributed by atoms with Gasteiger partial charge in [-0.15, -0.1) is 10.2 Å². The summed E-state index contributed by atoms with van der Waals surface area (Å²) in [6.45, 7) is 3.43. The highest BCUT2D eigenvalue weighted by Crippen LogP contribution is 2.33. The van der Waals surface area contributed by atoms with E-state index in [0.717, 1.165) is 12.1 Å². The fraction of sp³-hybridized carbons (Fsp3) is 0.231. The summed E-state index contributed by atoms with van der Waals surface area (Å²) in [5, 5.41) is 7.65. The van der Waals surface area contributed by atoms with Gasteiger partial charge in [0.1, 0.15) is 5.75 Å². The van der Waals surface area contributed by atoms with Crippen LogP contribution in [0.4, 0.5) is 13.2 Å². The fourth-order valence-corrected chi connectivity index (χ4v) is 1.68. The van der Waals surface area contributed by atoms with Crippen LogP contribution < -0.4 is 4.74 Å². The van der Waals surface area contributed by atoms with Crippen molar-refractivity contribution in [3.05, 3.63) is 46.1 Å². The molecule has 0 spiro atoms. The average molecular weight is 303 g/mol. The Morgan fingerprint density at radius 2 is 1.80 bits per heavy atom. The monoisotopic (exact) mass is 302 g/mol. The Labute approximate surface area is 118 Å². The van der Waals surface area contributed by atoms with Crippen molar-refractivity contribution >= 4 is 11.6 Å². The SMILES string of the molecule is Cc1c(Cl)nnc(Oc2cccc(C(F)(F)F)c2)c1C. The van der Waals surface area contributed by atoms with Gasteiger partial charge in [-0.05, 0) is 37.6 Å². The van der Waals surface area contributed by atoms with Crippen LogP contribution in [0.3, 0.4) is 0 Å². The van der Waals surface area contributed by atoms with Gasteiger partial charge < -0.3 is 4.74 Å². The van der Waals surface area contributed by atoms with Crippen LogP contribution >= 0.6 is 11.6 Å². The lowest BCUT2D eigenvalue weighted by atomic mass is 10.2. The third-order valence-corrected chi connectivity index (χ3v) is 3.16. The lowest BCUT2D eigenvalue weighted by Gasteiger charge is -2.11. The number of hydrogen-bond donors (Lipinski definition) is 0. The first-order valence-corrected chi connectivity index (χ1v) is 6.01. The van der Waals surface area contributed by atoms with Crippen LogP contribution in [0, 0.1) is 13.8 Å². The molecule has 106 valence electrons. The Morgan fingerprint density at radius 3 is 2.45 bits per heavy atom. The van der Waals surface area contributed by atoms with Crippen LogP contribution in [-0.4, -0.2) is 10.2 Å². The summed E-state index contributed by atoms with van der Waals surface area (Å²) in [6.07, 6.45) is -4.42. The minimum absolute atomic E-state index is 0.0407. The molecule has 0 amide bonds. The molecule has 0 unspecified atom stereocenters. The van der Waals surface area contributed by atoms with E-state index in [2.05, 4.69) is 10.2 Å². The van der Waals surface area contributed by atoms with Gasteiger partial charge in [0.15, 0.2) is 5.15 Å². The van der Waals surface area contributed by atoms with Gasteiger partial charge in [-0.25, -0.2) is 0 Å². The summed E-state index contributed by atoms with van der Waals surface area (Å²) in [5.41, 5.74) is 0.511. The van der Waals surface area contributed by atoms with Gasteiger partial charge in [0.25, 0.3) is 0 Å². The van der Waals surface area contributed by atoms with Crippen molar-refractivity contribution in [3.63, 3.8) is 0 Å². The molecule has 0 saturated carbocycles. The van der Waals surface area contributed by atoms with Crippen molar-refractivity contribution in [2.45, 2.75) is 20.0 Å². The van der Waals surface area contributed by atoms with Crippen LogP contribution in [0.1, 0.15) is 16.7 Å². The van der Waals surface area contributed by atoms with Gasteiger partial charge in [-0.1, -0.05) is 17.7 Å². The van der Waals surface area contributed by atoms with Gasteiger partial charge in [-0.2, -0.15) is 13.2 Å². The first kappa shape index (κ1) is 14.6. The number of aromatic nitrogens is 2. The van der Waals surface area contributed by atoms with Crippen molar-refractivity contribution in [3.8, 4) is 11.6 Å². The fourth-order valence-electron chi connectivity index (χ4n) is 1.50. The number of nitrogens with zero attached hydrogens (tertiary/aromatic N) is 2. The smallest absolute Gasteiger partial charge is 0.416 e. The van der Waals surface area contributed by atoms with Crippen LogP contribution in [-0.2, 0) is 6.18 Å². The normalized spacial score (nSPS) is 11.5. The minimum atomic E-state index is -4.42. The molecule has 2 aromatic rings. The molecule has 0 aliphatic heterocycles. The van der Waals surface area contributed by atoms with Crippen molar-refractivity contribution in [1.82, 2.24) is 10.2 Å². The zero-order valence-electron chi connectivity index (χ0n) is 10.6. The highest BCUT2D eigenvalue weighted by molar-refractivity contribution is 6.30. The molecule has 1 heterocycles. The van der Waals surface area contributed by atoms with E-state index in [1.807, 2.05) is 0 Å². The second-order valence-electron chi connectivity index (χ2n) is 4.17. The molecule has 0 saturated heterocycles. The van der Waals surface area contributed by atoms with E-state index in [1.165, 1.54) is 12.1 Å². The van der Waals surface area contributed by atoms with Gasteiger partial charge in [0.05, 0.1) is 5.56 Å². The van der Waals surface area contributed by atoms with Crippen molar-refractivity contribution in [2.75, 3.05) is 0 Å². The van der Waals surface area contributed by atoms with Gasteiger partial charge in [0.2, 0.25) is 5.88 Å². The molecule has 1 aromatic carbocycles. The summed E-state index contributed by atoms with van der Waals surface area (Å²) in [5.74, 6) is 0.171. The average Bonchev–Trinajstić information content (AvgIpc) is 2.39. The van der Waals surface area contributed by atoms with E-state index in [1.54, 1.807) is 13.8 Å². The lowest BCUT2D eigenvalue weighted by molar-refractivity contribution is -0.137. The maximum Gasteiger partial charge on any atom is 0.416 e. The molecule has 20 heavy (non-hydrogen) atoms. The zero-order valence-corrected chi connectivity index (χ0v) is 11.4. The van der Waals surface area contributed by atoms with E-state index >= 15 is 0 Å². The molecule has 0 bridgehead atoms. The number of rotatable bonds is 2. The molecule has 0 radical (unpaired) electrons. The number of ether oxygens (including phenoxy) is 1. The first-order chi connectivity index (χ1) is 9.29. The molecule has 0 aliphatic carbocycles. The van der Waals surface area contributed by atoms with Gasteiger partial charge in [-0.3, -0.25) is 0 Å². The second kappa shape index (κ2) is 5.28. The first-order valence-electron chi connectivity index (χ1n) is 5.63. The van der Waals surface area contributed by atoms with E-state index < -0.39 is 11.7 Å². The molecular formula is C13H10ClF3N2O. The Bertz CT molecular complexity index is 644. The van der Waals surface area contributed by atoms with Gasteiger partial charge in [0, 0.05) is 5.56 Å². The number of alkyl halides is 3. The zero-order chi connectivity index (χ0) is 14.9. The Kier molecular flexibility index (Phi) is 3.85. The number of halogens is 4. The van der Waals surface area contributed by atoms with E-state index in [4.69, 9.17) is 16.3 Å². The molecule has 0 fully saturated rings. The third-order valence-electron chi connectivity index (χ3n) is 2.80. The van der Waals surface area contributed by atoms with Crippen molar-refractivity contribution in [1.29, 1.82) is 0 Å². The van der Waals surface area contributed by atoms with E-state index in [0.29, 0.717) is 11.1 Å². The predicted octanol–water partition coefficient (Wildman–Crippen LogP) is 4.56. The Hall–Kier alpha value is -1.82. The molecule has 2 rings (SSSR count). The van der Waals surface area contributed by atoms with Crippen LogP contribution in [0.5, 0.6) is 11.6 Å². The standard InChI is InChI=1S/C13H10ClF3N2O/c1-7-8(2)12(19-18-11(7)14)20-10-5-3-4-9(6-10)13(15,16)17/h3-6H,1-2H3. The topological polar surface area (TPSA) is 35.0 Å². The van der Waals surface area contributed by atoms with Crippen molar-refractivity contribution in [2.24, 2.45) is 0 Å². The Balaban J connectivity index is 2.34. The summed E-state index contributed by atoms with van der Waals surface area (Å²) in [7, 11) is 0. The van der Waals surface area contributed by atoms with Crippen LogP contribution in [0.2, 0.25) is 5.15 Å². The van der Waals surface area contributed by atoms with Crippen LogP contribution in [0.15, 0.2) is 24.3 Å². The summed E-state index contributed by atoms with van der Waals surface area (Å²) >= 11 is 5.80. The molecule has 3 nitrogen and oxygen atoms in total. The van der Waals surface area contributed by atoms with E-state index in [-0.39, 0.29) is 16.8 Å². The molecular weight excluding hydrogens is 293 g/mol. The predicted molar refractivity (Wildman–Crippen MR) is 68.0 cm³/mol. The minimum Gasteiger partial charge on any atom is -0.437 e. The van der Waals surface area contributed by atoms with E-state index in [9.17, 15) is 13.2 Å². The molecule has 1 aromatic heterocycles. The lowest BCUT2D eigenvalue weighted by Crippen LogP contribution is -2.05. The second-order valence-corrected chi connectivity index (χ2v) is 4.53. The molecule has 0 N–H and O–H groups in total. The Morgan fingerprint density at radius 1 is 1.10 bits per heavy atom. The highest BCUT2D eigenvalue weighted by atomic mass is 35.5.